The Bertz CT molecular complexity index is 295. The van der Waals surface area contributed by atoms with E-state index in [-0.39, 0.29) is 18.2 Å². The second kappa shape index (κ2) is 5.45. The molecule has 2 N–H and O–H groups in total. The van der Waals surface area contributed by atoms with Gasteiger partial charge in [-0.25, -0.2) is 4.79 Å². The molecule has 0 bridgehead atoms. The SMILES string of the molecule is CC(C)(O)[C@H]1CCCN1C(=O)NC[C@@H]1CCCO1. The van der Waals surface area contributed by atoms with Gasteiger partial charge < -0.3 is 20.1 Å². The Morgan fingerprint density at radius 2 is 2.22 bits per heavy atom. The van der Waals surface area contributed by atoms with Crippen LogP contribution in [-0.2, 0) is 4.74 Å². The summed E-state index contributed by atoms with van der Waals surface area (Å²) in [6, 6.07) is -0.155. The Balaban J connectivity index is 1.83. The van der Waals surface area contributed by atoms with Crippen LogP contribution in [0.15, 0.2) is 0 Å². The minimum absolute atomic E-state index is 0.0740. The third kappa shape index (κ3) is 3.14. The van der Waals surface area contributed by atoms with Crippen molar-refractivity contribution in [2.24, 2.45) is 0 Å². The van der Waals surface area contributed by atoms with Crippen LogP contribution >= 0.6 is 0 Å². The van der Waals surface area contributed by atoms with Gasteiger partial charge in [0.05, 0.1) is 17.7 Å². The van der Waals surface area contributed by atoms with Crippen LogP contribution in [0.3, 0.4) is 0 Å². The van der Waals surface area contributed by atoms with E-state index in [1.807, 2.05) is 0 Å². The number of nitrogens with zero attached hydrogens (tertiary/aromatic N) is 1. The van der Waals surface area contributed by atoms with E-state index < -0.39 is 5.60 Å². The van der Waals surface area contributed by atoms with Gasteiger partial charge >= 0.3 is 6.03 Å². The summed E-state index contributed by atoms with van der Waals surface area (Å²) in [6.45, 7) is 5.64. The molecule has 2 rings (SSSR count). The highest BCUT2D eigenvalue weighted by atomic mass is 16.5. The number of hydrogen-bond donors (Lipinski definition) is 2. The summed E-state index contributed by atoms with van der Waals surface area (Å²) >= 11 is 0. The first-order valence-corrected chi connectivity index (χ1v) is 6.87. The second-order valence-corrected chi connectivity index (χ2v) is 5.83. The van der Waals surface area contributed by atoms with Crippen LogP contribution in [-0.4, -0.2) is 53.5 Å². The van der Waals surface area contributed by atoms with Crippen LogP contribution in [0.5, 0.6) is 0 Å². The predicted molar refractivity (Wildman–Crippen MR) is 68.4 cm³/mol. The molecule has 0 aliphatic carbocycles. The molecule has 18 heavy (non-hydrogen) atoms. The minimum Gasteiger partial charge on any atom is -0.388 e. The summed E-state index contributed by atoms with van der Waals surface area (Å²) in [4.78, 5) is 13.9. The van der Waals surface area contributed by atoms with Crippen molar-refractivity contribution in [3.05, 3.63) is 0 Å². The fourth-order valence-corrected chi connectivity index (χ4v) is 2.85. The quantitative estimate of drug-likeness (QED) is 0.795. The minimum atomic E-state index is -0.836. The van der Waals surface area contributed by atoms with Crippen molar-refractivity contribution >= 4 is 6.03 Å². The van der Waals surface area contributed by atoms with Gasteiger partial charge in [-0.05, 0) is 39.5 Å². The number of ether oxygens (including phenoxy) is 1. The van der Waals surface area contributed by atoms with E-state index in [0.717, 1.165) is 38.8 Å². The third-order valence-electron chi connectivity index (χ3n) is 3.83. The van der Waals surface area contributed by atoms with E-state index >= 15 is 0 Å². The van der Waals surface area contributed by atoms with Crippen molar-refractivity contribution in [3.63, 3.8) is 0 Å². The third-order valence-corrected chi connectivity index (χ3v) is 3.83. The highest BCUT2D eigenvalue weighted by Crippen LogP contribution is 2.26. The van der Waals surface area contributed by atoms with Gasteiger partial charge in [0.2, 0.25) is 0 Å². The van der Waals surface area contributed by atoms with Gasteiger partial charge in [0, 0.05) is 19.7 Å². The molecule has 5 heteroatoms. The van der Waals surface area contributed by atoms with E-state index in [1.165, 1.54) is 0 Å². The molecular formula is C13H24N2O3. The van der Waals surface area contributed by atoms with E-state index in [4.69, 9.17) is 4.74 Å². The number of nitrogens with one attached hydrogen (secondary N) is 1. The van der Waals surface area contributed by atoms with Crippen LogP contribution < -0.4 is 5.32 Å². The number of amides is 2. The van der Waals surface area contributed by atoms with Gasteiger partial charge in [0.1, 0.15) is 0 Å². The Hall–Kier alpha value is -0.810. The standard InChI is InChI=1S/C13H24N2O3/c1-13(2,17)11-6-3-7-15(11)12(16)14-9-10-5-4-8-18-10/h10-11,17H,3-9H2,1-2H3,(H,14,16)/t10-,11+/m0/s1. The number of likely N-dealkylation sites (tertiary alicyclic amines) is 1. The zero-order valence-corrected chi connectivity index (χ0v) is 11.3. The molecule has 0 spiro atoms. The van der Waals surface area contributed by atoms with Crippen molar-refractivity contribution in [1.82, 2.24) is 10.2 Å². The average molecular weight is 256 g/mol. The molecule has 2 amide bonds. The lowest BCUT2D eigenvalue weighted by atomic mass is 9.97. The second-order valence-electron chi connectivity index (χ2n) is 5.83. The maximum atomic E-state index is 12.1. The van der Waals surface area contributed by atoms with Gasteiger partial charge in [0.15, 0.2) is 0 Å². The average Bonchev–Trinajstić information content (AvgIpc) is 2.95. The maximum absolute atomic E-state index is 12.1. The molecular weight excluding hydrogens is 232 g/mol. The lowest BCUT2D eigenvalue weighted by Gasteiger charge is -2.34. The lowest BCUT2D eigenvalue weighted by molar-refractivity contribution is 0.00929. The summed E-state index contributed by atoms with van der Waals surface area (Å²) in [5, 5.41) is 13.0. The number of aliphatic hydroxyl groups is 1. The number of carbonyl (C=O) groups is 1. The Kier molecular flexibility index (Phi) is 4.12. The molecule has 104 valence electrons. The highest BCUT2D eigenvalue weighted by Gasteiger charge is 2.38. The molecule has 0 unspecified atom stereocenters. The maximum Gasteiger partial charge on any atom is 0.317 e. The summed E-state index contributed by atoms with van der Waals surface area (Å²) in [5.41, 5.74) is -0.836. The predicted octanol–water partition coefficient (Wildman–Crippen LogP) is 1.11. The van der Waals surface area contributed by atoms with Crippen molar-refractivity contribution in [3.8, 4) is 0 Å². The first-order chi connectivity index (χ1) is 8.48. The molecule has 0 aromatic carbocycles. The highest BCUT2D eigenvalue weighted by molar-refractivity contribution is 5.75. The van der Waals surface area contributed by atoms with E-state index in [9.17, 15) is 9.90 Å². The molecule has 2 aliphatic heterocycles. The van der Waals surface area contributed by atoms with Crippen LogP contribution in [0.25, 0.3) is 0 Å². The number of carbonyl (C=O) groups excluding carboxylic acids is 1. The summed E-state index contributed by atoms with van der Waals surface area (Å²) in [6.07, 6.45) is 4.10. The largest absolute Gasteiger partial charge is 0.388 e. The number of rotatable bonds is 3. The molecule has 2 fully saturated rings. The van der Waals surface area contributed by atoms with Crippen molar-refractivity contribution < 1.29 is 14.6 Å². The molecule has 2 atom stereocenters. The fraction of sp³-hybridized carbons (Fsp3) is 0.923. The fourth-order valence-electron chi connectivity index (χ4n) is 2.85. The zero-order chi connectivity index (χ0) is 13.2. The molecule has 2 heterocycles. The molecule has 2 saturated heterocycles. The molecule has 0 saturated carbocycles. The van der Waals surface area contributed by atoms with Crippen LogP contribution in [0, 0.1) is 0 Å². The van der Waals surface area contributed by atoms with Crippen LogP contribution in [0.1, 0.15) is 39.5 Å². The molecule has 2 aliphatic rings. The Morgan fingerprint density at radius 1 is 1.44 bits per heavy atom. The number of urea groups is 1. The molecule has 0 radical (unpaired) electrons. The van der Waals surface area contributed by atoms with Gasteiger partial charge in [-0.3, -0.25) is 0 Å². The van der Waals surface area contributed by atoms with Crippen LogP contribution in [0.2, 0.25) is 0 Å². The summed E-state index contributed by atoms with van der Waals surface area (Å²) < 4.78 is 5.48. The molecule has 0 aromatic rings. The number of hydrogen-bond acceptors (Lipinski definition) is 3. The van der Waals surface area contributed by atoms with Gasteiger partial charge in [0.25, 0.3) is 0 Å². The lowest BCUT2D eigenvalue weighted by Crippen LogP contribution is -2.52. The Morgan fingerprint density at radius 3 is 2.83 bits per heavy atom. The molecule has 0 aromatic heterocycles. The first-order valence-electron chi connectivity index (χ1n) is 6.87. The van der Waals surface area contributed by atoms with Gasteiger partial charge in [-0.1, -0.05) is 0 Å². The zero-order valence-electron chi connectivity index (χ0n) is 11.3. The van der Waals surface area contributed by atoms with E-state index in [2.05, 4.69) is 5.32 Å². The normalized spacial score (nSPS) is 28.7. The first kappa shape index (κ1) is 13.6. The van der Waals surface area contributed by atoms with Crippen molar-refractivity contribution in [2.45, 2.75) is 57.3 Å². The summed E-state index contributed by atoms with van der Waals surface area (Å²) in [7, 11) is 0. The van der Waals surface area contributed by atoms with Crippen molar-refractivity contribution in [2.75, 3.05) is 19.7 Å². The van der Waals surface area contributed by atoms with Crippen LogP contribution in [0.4, 0.5) is 4.79 Å². The molecule has 5 nitrogen and oxygen atoms in total. The van der Waals surface area contributed by atoms with E-state index in [0.29, 0.717) is 6.54 Å². The Labute approximate surface area is 108 Å². The van der Waals surface area contributed by atoms with Crippen molar-refractivity contribution in [1.29, 1.82) is 0 Å². The van der Waals surface area contributed by atoms with Gasteiger partial charge in [-0.2, -0.15) is 0 Å². The summed E-state index contributed by atoms with van der Waals surface area (Å²) in [5.74, 6) is 0. The van der Waals surface area contributed by atoms with Gasteiger partial charge in [-0.15, -0.1) is 0 Å². The topological polar surface area (TPSA) is 61.8 Å². The van der Waals surface area contributed by atoms with E-state index in [1.54, 1.807) is 18.7 Å². The smallest absolute Gasteiger partial charge is 0.317 e. The monoisotopic (exact) mass is 256 g/mol.